The average Bonchev–Trinajstić information content (AvgIpc) is 2.06. The van der Waals surface area contributed by atoms with Crippen LogP contribution in [0.15, 0.2) is 35.2 Å². The fraction of sp³-hybridized carbons (Fsp3) is 0.143. The first-order valence-corrected chi connectivity index (χ1v) is 4.43. The molecular weight excluding hydrogens is 272 g/mol. The van der Waals surface area contributed by atoms with Gasteiger partial charge in [0.2, 0.25) is 0 Å². The maximum atomic E-state index is 11.0. The first-order valence-electron chi connectivity index (χ1n) is 3.02. The van der Waals surface area contributed by atoms with Crippen LogP contribution in [-0.4, -0.2) is 15.5 Å². The molecule has 0 heterocycles. The van der Waals surface area contributed by atoms with E-state index in [1.165, 1.54) is 12.1 Å². The second-order valence-electron chi connectivity index (χ2n) is 1.93. The van der Waals surface area contributed by atoms with Crippen molar-refractivity contribution in [2.75, 3.05) is 7.11 Å². The second-order valence-corrected chi connectivity index (χ2v) is 3.65. The van der Waals surface area contributed by atoms with E-state index in [-0.39, 0.29) is 27.3 Å². The zero-order valence-electron chi connectivity index (χ0n) is 6.32. The summed E-state index contributed by atoms with van der Waals surface area (Å²) in [7, 11) is -2.36. The van der Waals surface area contributed by atoms with Gasteiger partial charge in [-0.2, -0.15) is 8.42 Å². The van der Waals surface area contributed by atoms with Crippen LogP contribution in [-0.2, 0) is 36.7 Å². The van der Waals surface area contributed by atoms with E-state index in [1.54, 1.807) is 18.2 Å². The Labute approximate surface area is 87.4 Å². The number of benzene rings is 1. The van der Waals surface area contributed by atoms with E-state index in [0.29, 0.717) is 0 Å². The molecule has 0 amide bonds. The molecule has 0 unspecified atom stereocenters. The van der Waals surface area contributed by atoms with Gasteiger partial charge in [-0.1, -0.05) is 18.2 Å². The van der Waals surface area contributed by atoms with Gasteiger partial charge in [-0.3, -0.25) is 4.18 Å². The van der Waals surface area contributed by atoms with Crippen molar-refractivity contribution >= 4 is 10.1 Å². The molecule has 12 heavy (non-hydrogen) atoms. The molecule has 0 spiro atoms. The van der Waals surface area contributed by atoms with Crippen LogP contribution in [0.25, 0.3) is 0 Å². The minimum atomic E-state index is -3.50. The predicted octanol–water partition coefficient (Wildman–Crippen LogP) is 1.02. The van der Waals surface area contributed by atoms with Crippen molar-refractivity contribution in [3.05, 3.63) is 30.3 Å². The molecule has 0 aliphatic carbocycles. The van der Waals surface area contributed by atoms with Gasteiger partial charge >= 0.3 is 0 Å². The molecule has 3 nitrogen and oxygen atoms in total. The standard InChI is InChI=1S/C7H8O3S.Ag/c1-10-11(8,9)7-5-3-2-4-6-7;/h2-6H,1H3;. The van der Waals surface area contributed by atoms with Gasteiger partial charge in [-0.05, 0) is 12.1 Å². The van der Waals surface area contributed by atoms with Crippen molar-refractivity contribution in [1.29, 1.82) is 0 Å². The first-order chi connectivity index (χ1) is 5.17. The molecule has 1 aromatic rings. The third kappa shape index (κ3) is 2.73. The van der Waals surface area contributed by atoms with Crippen LogP contribution >= 0.6 is 0 Å². The van der Waals surface area contributed by atoms with Gasteiger partial charge in [0.15, 0.2) is 0 Å². The molecular formula is C7H8AgO3S. The Morgan fingerprint density at radius 3 is 2.08 bits per heavy atom. The predicted molar refractivity (Wildman–Crippen MR) is 40.6 cm³/mol. The van der Waals surface area contributed by atoms with Crippen LogP contribution in [0, 0.1) is 0 Å². The number of hydrogen-bond acceptors (Lipinski definition) is 3. The van der Waals surface area contributed by atoms with E-state index in [9.17, 15) is 8.42 Å². The zero-order valence-corrected chi connectivity index (χ0v) is 8.62. The summed E-state index contributed by atoms with van der Waals surface area (Å²) in [5, 5.41) is 0. The molecule has 0 aromatic heterocycles. The maximum absolute atomic E-state index is 11.0. The first kappa shape index (κ1) is 11.9. The van der Waals surface area contributed by atoms with Crippen LogP contribution in [0.1, 0.15) is 0 Å². The second kappa shape index (κ2) is 4.79. The average molecular weight is 280 g/mol. The van der Waals surface area contributed by atoms with Crippen molar-refractivity contribution in [2.45, 2.75) is 4.90 Å². The van der Waals surface area contributed by atoms with Crippen LogP contribution < -0.4 is 0 Å². The summed E-state index contributed by atoms with van der Waals surface area (Å²) in [5.41, 5.74) is 0. The van der Waals surface area contributed by atoms with Crippen molar-refractivity contribution in [2.24, 2.45) is 0 Å². The van der Waals surface area contributed by atoms with Gasteiger partial charge in [0.25, 0.3) is 10.1 Å². The molecule has 0 saturated heterocycles. The Hall–Kier alpha value is -0.130. The van der Waals surface area contributed by atoms with E-state index in [0.717, 1.165) is 7.11 Å². The maximum Gasteiger partial charge on any atom is 0.296 e. The quantitative estimate of drug-likeness (QED) is 0.600. The van der Waals surface area contributed by atoms with E-state index < -0.39 is 10.1 Å². The Bertz CT molecular complexity index is 320. The number of rotatable bonds is 2. The topological polar surface area (TPSA) is 43.4 Å². The van der Waals surface area contributed by atoms with Gasteiger partial charge in [-0.25, -0.2) is 0 Å². The molecule has 71 valence electrons. The zero-order chi connectivity index (χ0) is 8.32. The molecule has 5 heteroatoms. The van der Waals surface area contributed by atoms with Crippen LogP contribution in [0.5, 0.6) is 0 Å². The van der Waals surface area contributed by atoms with E-state index in [4.69, 9.17) is 0 Å². The summed E-state index contributed by atoms with van der Waals surface area (Å²) < 4.78 is 26.3. The SMILES string of the molecule is COS(=O)(=O)c1ccccc1.[Ag]. The summed E-state index contributed by atoms with van der Waals surface area (Å²) in [6.07, 6.45) is 0. The molecule has 0 aliphatic heterocycles. The van der Waals surface area contributed by atoms with Gasteiger partial charge in [0.1, 0.15) is 0 Å². The van der Waals surface area contributed by atoms with Crippen LogP contribution in [0.2, 0.25) is 0 Å². The van der Waals surface area contributed by atoms with E-state index in [2.05, 4.69) is 4.18 Å². The minimum absolute atomic E-state index is 0. The Balaban J connectivity index is 0.00000121. The summed E-state index contributed by atoms with van der Waals surface area (Å²) in [4.78, 5) is 0.183. The van der Waals surface area contributed by atoms with E-state index in [1.807, 2.05) is 0 Å². The molecule has 1 aromatic carbocycles. The molecule has 0 N–H and O–H groups in total. The minimum Gasteiger partial charge on any atom is -0.270 e. The molecule has 1 radical (unpaired) electrons. The molecule has 0 aliphatic rings. The summed E-state index contributed by atoms with van der Waals surface area (Å²) in [6, 6.07) is 8.00. The fourth-order valence-electron chi connectivity index (χ4n) is 0.683. The number of hydrogen-bond donors (Lipinski definition) is 0. The normalized spacial score (nSPS) is 10.4. The summed E-state index contributed by atoms with van der Waals surface area (Å²) in [5.74, 6) is 0. The van der Waals surface area contributed by atoms with Crippen LogP contribution in [0.3, 0.4) is 0 Å². The molecule has 1 rings (SSSR count). The summed E-state index contributed by atoms with van der Waals surface area (Å²) in [6.45, 7) is 0. The van der Waals surface area contributed by atoms with Gasteiger partial charge in [-0.15, -0.1) is 0 Å². The Morgan fingerprint density at radius 2 is 1.67 bits per heavy atom. The van der Waals surface area contributed by atoms with Crippen molar-refractivity contribution < 1.29 is 35.0 Å². The van der Waals surface area contributed by atoms with E-state index >= 15 is 0 Å². The van der Waals surface area contributed by atoms with Crippen molar-refractivity contribution in [3.8, 4) is 0 Å². The summed E-state index contributed by atoms with van der Waals surface area (Å²) >= 11 is 0. The molecule has 0 bridgehead atoms. The van der Waals surface area contributed by atoms with Crippen molar-refractivity contribution in [3.63, 3.8) is 0 Å². The van der Waals surface area contributed by atoms with Crippen LogP contribution in [0.4, 0.5) is 0 Å². The largest absolute Gasteiger partial charge is 0.296 e. The smallest absolute Gasteiger partial charge is 0.270 e. The van der Waals surface area contributed by atoms with Gasteiger partial charge in [0.05, 0.1) is 12.0 Å². The molecule has 0 atom stereocenters. The van der Waals surface area contributed by atoms with Crippen molar-refractivity contribution in [1.82, 2.24) is 0 Å². The van der Waals surface area contributed by atoms with Gasteiger partial charge in [0, 0.05) is 22.4 Å². The Morgan fingerprint density at radius 1 is 1.17 bits per heavy atom. The fourth-order valence-corrected chi connectivity index (χ4v) is 1.37. The molecule has 0 saturated carbocycles. The monoisotopic (exact) mass is 279 g/mol. The van der Waals surface area contributed by atoms with Gasteiger partial charge < -0.3 is 0 Å². The molecule has 0 fully saturated rings. The third-order valence-electron chi connectivity index (χ3n) is 1.25. The third-order valence-corrected chi connectivity index (χ3v) is 2.54. The Kier molecular flexibility index (Phi) is 4.74.